The summed E-state index contributed by atoms with van der Waals surface area (Å²) in [7, 11) is 0. The molecule has 0 bridgehead atoms. The fraction of sp³-hybridized carbons (Fsp3) is 0.133. The van der Waals surface area contributed by atoms with Crippen molar-refractivity contribution in [2.24, 2.45) is 0 Å². The number of anilines is 1. The molecule has 0 aliphatic carbocycles. The molecule has 3 N–H and O–H groups in total. The molecular weight excluding hydrogens is 256 g/mol. The van der Waals surface area contributed by atoms with Gasteiger partial charge in [-0.05, 0) is 29.8 Å². The molecule has 1 amide bonds. The standard InChI is InChI=1S/C15H16N2OS/c16-13-8-6-12(7-9-13)10-17-15(18)11-19-14-4-2-1-3-5-14/h1-9H,10-11,16H2,(H,17,18). The molecule has 3 nitrogen and oxygen atoms in total. The zero-order valence-electron chi connectivity index (χ0n) is 10.5. The minimum absolute atomic E-state index is 0.0330. The third-order valence-corrected chi connectivity index (χ3v) is 3.59. The van der Waals surface area contributed by atoms with E-state index in [1.54, 1.807) is 0 Å². The summed E-state index contributed by atoms with van der Waals surface area (Å²) in [5.74, 6) is 0.463. The summed E-state index contributed by atoms with van der Waals surface area (Å²) in [5, 5.41) is 2.89. The number of thioether (sulfide) groups is 1. The average molecular weight is 272 g/mol. The maximum atomic E-state index is 11.7. The summed E-state index contributed by atoms with van der Waals surface area (Å²) in [5.41, 5.74) is 7.38. The number of hydrogen-bond donors (Lipinski definition) is 2. The van der Waals surface area contributed by atoms with E-state index in [4.69, 9.17) is 5.73 Å². The van der Waals surface area contributed by atoms with Gasteiger partial charge in [-0.15, -0.1) is 11.8 Å². The first-order valence-corrected chi connectivity index (χ1v) is 7.01. The first-order chi connectivity index (χ1) is 9.24. The van der Waals surface area contributed by atoms with E-state index < -0.39 is 0 Å². The number of nitrogens with two attached hydrogens (primary N) is 1. The normalized spacial score (nSPS) is 10.1. The summed E-state index contributed by atoms with van der Waals surface area (Å²) in [6.07, 6.45) is 0. The van der Waals surface area contributed by atoms with E-state index in [0.717, 1.165) is 16.1 Å². The van der Waals surface area contributed by atoms with Crippen LogP contribution in [0.5, 0.6) is 0 Å². The van der Waals surface area contributed by atoms with Gasteiger partial charge in [0.15, 0.2) is 0 Å². The van der Waals surface area contributed by atoms with Crippen molar-refractivity contribution < 1.29 is 4.79 Å². The van der Waals surface area contributed by atoms with Crippen LogP contribution in [0.2, 0.25) is 0 Å². The van der Waals surface area contributed by atoms with E-state index in [-0.39, 0.29) is 5.91 Å². The Balaban J connectivity index is 1.74. The van der Waals surface area contributed by atoms with Gasteiger partial charge in [-0.3, -0.25) is 4.79 Å². The Morgan fingerprint density at radius 3 is 2.42 bits per heavy atom. The van der Waals surface area contributed by atoms with Gasteiger partial charge in [-0.2, -0.15) is 0 Å². The lowest BCUT2D eigenvalue weighted by atomic mass is 10.2. The van der Waals surface area contributed by atoms with Gasteiger partial charge in [-0.1, -0.05) is 30.3 Å². The largest absolute Gasteiger partial charge is 0.399 e. The number of amides is 1. The number of carbonyl (C=O) groups is 1. The molecule has 2 aromatic rings. The van der Waals surface area contributed by atoms with Crippen LogP contribution in [0.15, 0.2) is 59.5 Å². The molecule has 0 fully saturated rings. The van der Waals surface area contributed by atoms with Crippen molar-refractivity contribution in [1.29, 1.82) is 0 Å². The van der Waals surface area contributed by atoms with Crippen LogP contribution in [0.3, 0.4) is 0 Å². The van der Waals surface area contributed by atoms with E-state index >= 15 is 0 Å². The van der Waals surface area contributed by atoms with Crippen LogP contribution in [0.25, 0.3) is 0 Å². The van der Waals surface area contributed by atoms with Crippen molar-refractivity contribution in [2.75, 3.05) is 11.5 Å². The molecule has 0 saturated carbocycles. The van der Waals surface area contributed by atoms with Crippen LogP contribution in [-0.2, 0) is 11.3 Å². The molecule has 0 aromatic heterocycles. The molecule has 2 aromatic carbocycles. The van der Waals surface area contributed by atoms with Crippen LogP contribution < -0.4 is 11.1 Å². The fourth-order valence-electron chi connectivity index (χ4n) is 1.55. The Morgan fingerprint density at radius 2 is 1.74 bits per heavy atom. The highest BCUT2D eigenvalue weighted by atomic mass is 32.2. The molecule has 19 heavy (non-hydrogen) atoms. The van der Waals surface area contributed by atoms with Crippen molar-refractivity contribution in [1.82, 2.24) is 5.32 Å². The van der Waals surface area contributed by atoms with Crippen LogP contribution in [0, 0.1) is 0 Å². The zero-order valence-corrected chi connectivity index (χ0v) is 11.3. The number of rotatable bonds is 5. The molecule has 0 aliphatic rings. The minimum atomic E-state index is 0.0330. The van der Waals surface area contributed by atoms with Crippen molar-refractivity contribution in [3.05, 3.63) is 60.2 Å². The first kappa shape index (κ1) is 13.5. The lowest BCUT2D eigenvalue weighted by Crippen LogP contribution is -2.24. The van der Waals surface area contributed by atoms with Crippen LogP contribution >= 0.6 is 11.8 Å². The zero-order chi connectivity index (χ0) is 13.5. The predicted molar refractivity (Wildman–Crippen MR) is 79.9 cm³/mol. The molecular formula is C15H16N2OS. The quantitative estimate of drug-likeness (QED) is 0.650. The monoisotopic (exact) mass is 272 g/mol. The van der Waals surface area contributed by atoms with Crippen molar-refractivity contribution in [3.63, 3.8) is 0 Å². The summed E-state index contributed by atoms with van der Waals surface area (Å²) < 4.78 is 0. The fourth-order valence-corrected chi connectivity index (χ4v) is 2.30. The van der Waals surface area contributed by atoms with Gasteiger partial charge in [0.25, 0.3) is 0 Å². The second kappa shape index (κ2) is 6.85. The van der Waals surface area contributed by atoms with Gasteiger partial charge >= 0.3 is 0 Å². The molecule has 98 valence electrons. The maximum Gasteiger partial charge on any atom is 0.230 e. The summed E-state index contributed by atoms with van der Waals surface area (Å²) in [4.78, 5) is 12.8. The Hall–Kier alpha value is -1.94. The number of benzene rings is 2. The van der Waals surface area contributed by atoms with Crippen molar-refractivity contribution in [3.8, 4) is 0 Å². The van der Waals surface area contributed by atoms with Gasteiger partial charge in [0.2, 0.25) is 5.91 Å². The van der Waals surface area contributed by atoms with Crippen molar-refractivity contribution >= 4 is 23.4 Å². The van der Waals surface area contributed by atoms with E-state index in [9.17, 15) is 4.79 Å². The van der Waals surface area contributed by atoms with Gasteiger partial charge in [0, 0.05) is 17.1 Å². The Bertz CT molecular complexity index is 526. The molecule has 0 aliphatic heterocycles. The third-order valence-electron chi connectivity index (χ3n) is 2.58. The number of hydrogen-bond acceptors (Lipinski definition) is 3. The van der Waals surface area contributed by atoms with Gasteiger partial charge < -0.3 is 11.1 Å². The Morgan fingerprint density at radius 1 is 1.05 bits per heavy atom. The van der Waals surface area contributed by atoms with Crippen molar-refractivity contribution in [2.45, 2.75) is 11.4 Å². The van der Waals surface area contributed by atoms with Crippen LogP contribution in [0.1, 0.15) is 5.56 Å². The van der Waals surface area contributed by atoms with Gasteiger partial charge in [0.1, 0.15) is 0 Å². The number of nitrogens with one attached hydrogen (secondary N) is 1. The Labute approximate surface area is 117 Å². The third kappa shape index (κ3) is 4.67. The average Bonchev–Trinajstić information content (AvgIpc) is 2.45. The molecule has 4 heteroatoms. The number of carbonyl (C=O) groups excluding carboxylic acids is 1. The Kier molecular flexibility index (Phi) is 4.86. The SMILES string of the molecule is Nc1ccc(CNC(=O)CSc2ccccc2)cc1. The predicted octanol–water partition coefficient (Wildman–Crippen LogP) is 2.68. The lowest BCUT2D eigenvalue weighted by Gasteiger charge is -2.05. The highest BCUT2D eigenvalue weighted by molar-refractivity contribution is 8.00. The van der Waals surface area contributed by atoms with Crippen LogP contribution in [-0.4, -0.2) is 11.7 Å². The molecule has 0 heterocycles. The van der Waals surface area contributed by atoms with Crippen LogP contribution in [0.4, 0.5) is 5.69 Å². The molecule has 0 saturated heterocycles. The molecule has 0 atom stereocenters. The summed E-state index contributed by atoms with van der Waals surface area (Å²) >= 11 is 1.53. The lowest BCUT2D eigenvalue weighted by molar-refractivity contribution is -0.118. The second-order valence-corrected chi connectivity index (χ2v) is 5.17. The van der Waals surface area contributed by atoms with Gasteiger partial charge in [-0.25, -0.2) is 0 Å². The van der Waals surface area contributed by atoms with E-state index in [1.165, 1.54) is 11.8 Å². The summed E-state index contributed by atoms with van der Waals surface area (Å²) in [6, 6.07) is 17.4. The van der Waals surface area contributed by atoms with E-state index in [0.29, 0.717) is 12.3 Å². The highest BCUT2D eigenvalue weighted by Crippen LogP contribution is 2.16. The smallest absolute Gasteiger partial charge is 0.230 e. The molecule has 0 spiro atoms. The van der Waals surface area contributed by atoms with E-state index in [2.05, 4.69) is 5.32 Å². The first-order valence-electron chi connectivity index (χ1n) is 6.03. The molecule has 2 rings (SSSR count). The molecule has 0 radical (unpaired) electrons. The maximum absolute atomic E-state index is 11.7. The minimum Gasteiger partial charge on any atom is -0.399 e. The van der Waals surface area contributed by atoms with Gasteiger partial charge in [0.05, 0.1) is 5.75 Å². The topological polar surface area (TPSA) is 55.1 Å². The number of nitrogen functional groups attached to an aromatic ring is 1. The summed E-state index contributed by atoms with van der Waals surface area (Å²) in [6.45, 7) is 0.536. The van der Waals surface area contributed by atoms with E-state index in [1.807, 2.05) is 54.6 Å². The highest BCUT2D eigenvalue weighted by Gasteiger charge is 2.02. The second-order valence-electron chi connectivity index (χ2n) is 4.12. The molecule has 0 unspecified atom stereocenters.